The molecule has 1 heterocycles. The second kappa shape index (κ2) is 4.45. The zero-order valence-corrected chi connectivity index (χ0v) is 10.3. The Hall–Kier alpha value is -0.680. The Balaban J connectivity index is 2.09. The highest BCUT2D eigenvalue weighted by Crippen LogP contribution is 2.38. The average molecular weight is 271 g/mol. The molecule has 1 aliphatic rings. The average Bonchev–Trinajstić information content (AvgIpc) is 3.00. The molecular weight excluding hydrogens is 256 g/mol. The smallest absolute Gasteiger partial charge is 0.144 e. The molecule has 0 spiro atoms. The lowest BCUT2D eigenvalue weighted by Crippen LogP contribution is -2.25. The van der Waals surface area contributed by atoms with Crippen LogP contribution in [0.15, 0.2) is 10.7 Å². The van der Waals surface area contributed by atoms with Crippen molar-refractivity contribution in [1.82, 2.24) is 9.97 Å². The quantitative estimate of drug-likeness (QED) is 0.877. The molecule has 1 aliphatic carbocycles. The van der Waals surface area contributed by atoms with Crippen molar-refractivity contribution >= 4 is 21.7 Å². The van der Waals surface area contributed by atoms with E-state index in [1.807, 2.05) is 13.1 Å². The number of anilines is 1. The highest BCUT2D eigenvalue weighted by atomic mass is 79.9. The van der Waals surface area contributed by atoms with E-state index in [-0.39, 0.29) is 6.04 Å². The van der Waals surface area contributed by atoms with Crippen LogP contribution in [0.2, 0.25) is 0 Å². The number of hydrogen-bond acceptors (Lipinski definition) is 4. The molecule has 1 aromatic heterocycles. The lowest BCUT2D eigenvalue weighted by molar-refractivity contribution is 0.773. The van der Waals surface area contributed by atoms with Crippen molar-refractivity contribution in [3.63, 3.8) is 0 Å². The first-order chi connectivity index (χ1) is 7.16. The van der Waals surface area contributed by atoms with Gasteiger partial charge in [-0.05, 0) is 35.7 Å². The summed E-state index contributed by atoms with van der Waals surface area (Å²) >= 11 is 3.42. The Labute approximate surface area is 97.8 Å². The maximum atomic E-state index is 5.68. The van der Waals surface area contributed by atoms with Gasteiger partial charge in [-0.15, -0.1) is 0 Å². The molecule has 1 saturated carbocycles. The topological polar surface area (TPSA) is 63.8 Å². The molecule has 82 valence electrons. The molecule has 1 aromatic rings. The summed E-state index contributed by atoms with van der Waals surface area (Å²) in [6.07, 6.45) is 4.24. The van der Waals surface area contributed by atoms with Crippen molar-refractivity contribution in [1.29, 1.82) is 0 Å². The van der Waals surface area contributed by atoms with Gasteiger partial charge in [0.1, 0.15) is 11.6 Å². The van der Waals surface area contributed by atoms with Crippen LogP contribution in [-0.4, -0.2) is 22.6 Å². The van der Waals surface area contributed by atoms with Gasteiger partial charge in [0.15, 0.2) is 0 Å². The second-order valence-electron chi connectivity index (χ2n) is 4.06. The molecule has 0 radical (unpaired) electrons. The molecule has 2 rings (SSSR count). The minimum absolute atomic E-state index is 0.122. The van der Waals surface area contributed by atoms with E-state index in [1.165, 1.54) is 12.8 Å². The van der Waals surface area contributed by atoms with Gasteiger partial charge in [-0.2, -0.15) is 0 Å². The fourth-order valence-corrected chi connectivity index (χ4v) is 1.63. The lowest BCUT2D eigenvalue weighted by atomic mass is 10.3. The van der Waals surface area contributed by atoms with E-state index in [1.54, 1.807) is 0 Å². The number of nitrogens with two attached hydrogens (primary N) is 1. The van der Waals surface area contributed by atoms with Crippen LogP contribution in [0, 0.1) is 0 Å². The van der Waals surface area contributed by atoms with Gasteiger partial charge in [-0.3, -0.25) is 0 Å². The minimum Gasteiger partial charge on any atom is -0.367 e. The molecule has 3 N–H and O–H groups in total. The monoisotopic (exact) mass is 270 g/mol. The summed E-state index contributed by atoms with van der Waals surface area (Å²) in [7, 11) is 0. The molecule has 0 saturated heterocycles. The van der Waals surface area contributed by atoms with Gasteiger partial charge in [-0.1, -0.05) is 0 Å². The molecule has 5 heteroatoms. The van der Waals surface area contributed by atoms with Crippen LogP contribution in [-0.2, 0) is 0 Å². The highest BCUT2D eigenvalue weighted by molar-refractivity contribution is 9.10. The predicted molar refractivity (Wildman–Crippen MR) is 63.8 cm³/mol. The third kappa shape index (κ3) is 2.89. The van der Waals surface area contributed by atoms with Gasteiger partial charge in [0, 0.05) is 24.7 Å². The zero-order valence-electron chi connectivity index (χ0n) is 8.70. The van der Waals surface area contributed by atoms with Crippen LogP contribution in [0.25, 0.3) is 0 Å². The van der Waals surface area contributed by atoms with E-state index in [9.17, 15) is 0 Å². The summed E-state index contributed by atoms with van der Waals surface area (Å²) in [5.74, 6) is 2.38. The van der Waals surface area contributed by atoms with Crippen LogP contribution in [0.5, 0.6) is 0 Å². The van der Waals surface area contributed by atoms with Crippen molar-refractivity contribution < 1.29 is 0 Å². The molecule has 0 aromatic carbocycles. The van der Waals surface area contributed by atoms with Gasteiger partial charge in [0.05, 0.1) is 4.47 Å². The number of nitrogens with one attached hydrogen (secondary N) is 1. The molecule has 15 heavy (non-hydrogen) atoms. The third-order valence-corrected chi connectivity index (χ3v) is 2.88. The largest absolute Gasteiger partial charge is 0.367 e. The van der Waals surface area contributed by atoms with Gasteiger partial charge in [0.25, 0.3) is 0 Å². The van der Waals surface area contributed by atoms with Crippen LogP contribution in [0.3, 0.4) is 0 Å². The molecule has 0 aliphatic heterocycles. The fraction of sp³-hybridized carbons (Fsp3) is 0.600. The molecule has 4 nitrogen and oxygen atoms in total. The normalized spacial score (nSPS) is 17.5. The van der Waals surface area contributed by atoms with Gasteiger partial charge in [0.2, 0.25) is 0 Å². The van der Waals surface area contributed by atoms with E-state index in [4.69, 9.17) is 5.73 Å². The van der Waals surface area contributed by atoms with Crippen LogP contribution >= 0.6 is 15.9 Å². The second-order valence-corrected chi connectivity index (χ2v) is 4.91. The molecule has 1 atom stereocenters. The highest BCUT2D eigenvalue weighted by Gasteiger charge is 2.27. The minimum atomic E-state index is 0.122. The number of aromatic nitrogens is 2. The summed E-state index contributed by atoms with van der Waals surface area (Å²) in [5.41, 5.74) is 5.68. The number of rotatable bonds is 4. The molecule has 1 unspecified atom stereocenters. The first kappa shape index (κ1) is 10.8. The summed E-state index contributed by atoms with van der Waals surface area (Å²) in [6.45, 7) is 2.68. The van der Waals surface area contributed by atoms with Crippen LogP contribution < -0.4 is 11.1 Å². The van der Waals surface area contributed by atoms with Crippen molar-refractivity contribution in [3.05, 3.63) is 16.5 Å². The molecule has 0 amide bonds. The van der Waals surface area contributed by atoms with Crippen LogP contribution in [0.1, 0.15) is 31.5 Å². The maximum Gasteiger partial charge on any atom is 0.144 e. The summed E-state index contributed by atoms with van der Waals surface area (Å²) in [5, 5.41) is 3.21. The van der Waals surface area contributed by atoms with E-state index in [0.717, 1.165) is 22.7 Å². The van der Waals surface area contributed by atoms with E-state index in [2.05, 4.69) is 31.2 Å². The van der Waals surface area contributed by atoms with E-state index in [0.29, 0.717) is 5.92 Å². The number of halogens is 1. The van der Waals surface area contributed by atoms with Crippen molar-refractivity contribution in [2.45, 2.75) is 31.7 Å². The third-order valence-electron chi connectivity index (χ3n) is 2.30. The molecular formula is C10H15BrN4. The van der Waals surface area contributed by atoms with Crippen LogP contribution in [0.4, 0.5) is 5.82 Å². The Bertz CT molecular complexity index is 349. The first-order valence-corrected chi connectivity index (χ1v) is 5.98. The Kier molecular flexibility index (Phi) is 3.21. The summed E-state index contributed by atoms with van der Waals surface area (Å²) in [4.78, 5) is 8.78. The SMILES string of the molecule is CC(N)CNc1nc(C2CC2)ncc1Br. The van der Waals surface area contributed by atoms with Crippen molar-refractivity contribution in [3.8, 4) is 0 Å². The molecule has 0 bridgehead atoms. The van der Waals surface area contributed by atoms with Crippen molar-refractivity contribution in [2.24, 2.45) is 5.73 Å². The van der Waals surface area contributed by atoms with E-state index >= 15 is 0 Å². The summed E-state index contributed by atoms with van der Waals surface area (Å²) < 4.78 is 0.896. The predicted octanol–water partition coefficient (Wildman–Crippen LogP) is 1.88. The summed E-state index contributed by atoms with van der Waals surface area (Å²) in [6, 6.07) is 0.122. The Morgan fingerprint density at radius 2 is 2.40 bits per heavy atom. The van der Waals surface area contributed by atoms with Gasteiger partial charge >= 0.3 is 0 Å². The Morgan fingerprint density at radius 1 is 1.67 bits per heavy atom. The number of nitrogens with zero attached hydrogens (tertiary/aromatic N) is 2. The fourth-order valence-electron chi connectivity index (χ4n) is 1.30. The number of hydrogen-bond donors (Lipinski definition) is 2. The Morgan fingerprint density at radius 3 is 3.00 bits per heavy atom. The zero-order chi connectivity index (χ0) is 10.8. The lowest BCUT2D eigenvalue weighted by Gasteiger charge is -2.10. The van der Waals surface area contributed by atoms with Gasteiger partial charge < -0.3 is 11.1 Å². The first-order valence-electron chi connectivity index (χ1n) is 5.18. The maximum absolute atomic E-state index is 5.68. The molecule has 1 fully saturated rings. The standard InChI is InChI=1S/C10H15BrN4/c1-6(12)4-13-10-8(11)5-14-9(15-10)7-2-3-7/h5-7H,2-4,12H2,1H3,(H,13,14,15). The van der Waals surface area contributed by atoms with E-state index < -0.39 is 0 Å². The van der Waals surface area contributed by atoms with Crippen molar-refractivity contribution in [2.75, 3.05) is 11.9 Å². The van der Waals surface area contributed by atoms with Gasteiger partial charge in [-0.25, -0.2) is 9.97 Å².